The quantitative estimate of drug-likeness (QED) is 0.689. The maximum Gasteiger partial charge on any atom is 0.410 e. The van der Waals surface area contributed by atoms with Gasteiger partial charge in [0.2, 0.25) is 15.9 Å². The highest BCUT2D eigenvalue weighted by atomic mass is 32.2. The Morgan fingerprint density at radius 3 is 2.50 bits per heavy atom. The first-order chi connectivity index (χ1) is 14.4. The minimum atomic E-state index is -3.49. The number of carbonyl (C=O) groups excluding carboxylic acids is 2. The zero-order chi connectivity index (χ0) is 21.6. The third kappa shape index (κ3) is 5.60. The van der Waals surface area contributed by atoms with E-state index in [4.69, 9.17) is 4.74 Å². The van der Waals surface area contributed by atoms with Gasteiger partial charge in [-0.05, 0) is 37.3 Å². The van der Waals surface area contributed by atoms with Crippen LogP contribution in [0.5, 0.6) is 0 Å². The Morgan fingerprint density at radius 1 is 1.13 bits per heavy atom. The van der Waals surface area contributed by atoms with Crippen LogP contribution in [0.1, 0.15) is 31.2 Å². The van der Waals surface area contributed by atoms with Gasteiger partial charge in [0.15, 0.2) is 0 Å². The van der Waals surface area contributed by atoms with Crippen molar-refractivity contribution in [3.63, 3.8) is 0 Å². The van der Waals surface area contributed by atoms with Crippen LogP contribution in [0.4, 0.5) is 4.79 Å². The Balaban J connectivity index is 1.50. The number of hydrogen-bond donors (Lipinski definition) is 1. The molecule has 2 fully saturated rings. The molecule has 3 rings (SSSR count). The summed E-state index contributed by atoms with van der Waals surface area (Å²) < 4.78 is 33.0. The molecule has 0 radical (unpaired) electrons. The van der Waals surface area contributed by atoms with Crippen LogP contribution in [0, 0.1) is 0 Å². The highest BCUT2D eigenvalue weighted by Crippen LogP contribution is 2.24. The molecule has 2 amide bonds. The van der Waals surface area contributed by atoms with Crippen molar-refractivity contribution < 1.29 is 22.7 Å². The molecule has 1 atom stereocenters. The highest BCUT2D eigenvalue weighted by molar-refractivity contribution is 7.89. The van der Waals surface area contributed by atoms with E-state index < -0.39 is 21.4 Å². The molecule has 2 aliphatic rings. The highest BCUT2D eigenvalue weighted by Gasteiger charge is 2.38. The Kier molecular flexibility index (Phi) is 7.49. The maximum absolute atomic E-state index is 13.1. The maximum atomic E-state index is 13.1. The number of benzene rings is 1. The molecular weight excluding hydrogens is 406 g/mol. The molecule has 30 heavy (non-hydrogen) atoms. The normalized spacial score (nSPS) is 21.1. The topological polar surface area (TPSA) is 96.0 Å². The number of amides is 2. The van der Waals surface area contributed by atoms with Crippen molar-refractivity contribution in [2.45, 2.75) is 43.6 Å². The van der Waals surface area contributed by atoms with E-state index in [2.05, 4.69) is 11.9 Å². The summed E-state index contributed by atoms with van der Waals surface area (Å²) in [5, 5.41) is 2.27. The number of piperidine rings is 2. The van der Waals surface area contributed by atoms with Crippen LogP contribution in [0.25, 0.3) is 0 Å². The summed E-state index contributed by atoms with van der Waals surface area (Å²) in [6.07, 6.45) is 2.98. The molecule has 0 saturated carbocycles. The van der Waals surface area contributed by atoms with Crippen LogP contribution in [-0.2, 0) is 26.2 Å². The lowest BCUT2D eigenvalue weighted by Crippen LogP contribution is -2.53. The Bertz CT molecular complexity index is 851. The van der Waals surface area contributed by atoms with Crippen molar-refractivity contribution >= 4 is 22.0 Å². The summed E-state index contributed by atoms with van der Waals surface area (Å²) >= 11 is 0. The molecule has 1 N–H and O–H groups in total. The summed E-state index contributed by atoms with van der Waals surface area (Å²) in [7, 11) is -3.49. The van der Waals surface area contributed by atoms with E-state index in [1.165, 1.54) is 10.4 Å². The van der Waals surface area contributed by atoms with Gasteiger partial charge in [-0.2, -0.15) is 4.31 Å². The SMILES string of the molecule is C=CC(=O)N[C@H]1CCCN(S(=O)(=O)C2CCN(C(=O)OCc3ccccc3)CC2)C1. The zero-order valence-corrected chi connectivity index (χ0v) is 17.9. The van der Waals surface area contributed by atoms with Crippen molar-refractivity contribution in [1.29, 1.82) is 0 Å². The molecule has 0 aromatic heterocycles. The van der Waals surface area contributed by atoms with E-state index >= 15 is 0 Å². The summed E-state index contributed by atoms with van der Waals surface area (Å²) in [4.78, 5) is 25.4. The minimum absolute atomic E-state index is 0.198. The van der Waals surface area contributed by atoms with Crippen molar-refractivity contribution in [1.82, 2.24) is 14.5 Å². The second-order valence-electron chi connectivity index (χ2n) is 7.68. The number of carbonyl (C=O) groups is 2. The molecule has 9 heteroatoms. The van der Waals surface area contributed by atoms with Crippen molar-refractivity contribution in [3.05, 3.63) is 48.6 Å². The van der Waals surface area contributed by atoms with Crippen LogP contribution in [0.2, 0.25) is 0 Å². The molecule has 0 bridgehead atoms. The van der Waals surface area contributed by atoms with Crippen LogP contribution >= 0.6 is 0 Å². The fourth-order valence-corrected chi connectivity index (χ4v) is 5.91. The lowest BCUT2D eigenvalue weighted by Gasteiger charge is -2.37. The van der Waals surface area contributed by atoms with Gasteiger partial charge in [0.1, 0.15) is 6.61 Å². The van der Waals surface area contributed by atoms with E-state index in [-0.39, 0.29) is 25.1 Å². The average molecular weight is 436 g/mol. The molecule has 2 saturated heterocycles. The number of nitrogens with zero attached hydrogens (tertiary/aromatic N) is 2. The molecule has 164 valence electrons. The second-order valence-corrected chi connectivity index (χ2v) is 9.89. The van der Waals surface area contributed by atoms with E-state index in [1.807, 2.05) is 30.3 Å². The predicted octanol–water partition coefficient (Wildman–Crippen LogP) is 1.88. The van der Waals surface area contributed by atoms with Crippen LogP contribution < -0.4 is 5.32 Å². The van der Waals surface area contributed by atoms with Crippen LogP contribution in [0.3, 0.4) is 0 Å². The third-order valence-corrected chi connectivity index (χ3v) is 7.97. The van der Waals surface area contributed by atoms with E-state index in [9.17, 15) is 18.0 Å². The van der Waals surface area contributed by atoms with E-state index in [1.54, 1.807) is 4.90 Å². The zero-order valence-electron chi connectivity index (χ0n) is 17.0. The monoisotopic (exact) mass is 435 g/mol. The van der Waals surface area contributed by atoms with Crippen LogP contribution in [0.15, 0.2) is 43.0 Å². The van der Waals surface area contributed by atoms with Crippen LogP contribution in [-0.4, -0.2) is 67.1 Å². The molecule has 2 heterocycles. The number of rotatable bonds is 6. The van der Waals surface area contributed by atoms with Crippen molar-refractivity contribution in [2.24, 2.45) is 0 Å². The number of likely N-dealkylation sites (tertiary alicyclic amines) is 1. The van der Waals surface area contributed by atoms with Gasteiger partial charge in [-0.25, -0.2) is 13.2 Å². The first-order valence-electron chi connectivity index (χ1n) is 10.3. The fourth-order valence-electron chi connectivity index (χ4n) is 3.91. The van der Waals surface area contributed by atoms with Gasteiger partial charge in [-0.1, -0.05) is 36.9 Å². The largest absolute Gasteiger partial charge is 0.445 e. The van der Waals surface area contributed by atoms with Gasteiger partial charge in [0.05, 0.1) is 5.25 Å². The Morgan fingerprint density at radius 2 is 1.83 bits per heavy atom. The molecule has 0 unspecified atom stereocenters. The summed E-state index contributed by atoms with van der Waals surface area (Å²) in [6.45, 7) is 5.07. The smallest absolute Gasteiger partial charge is 0.410 e. The number of nitrogens with one attached hydrogen (secondary N) is 1. The summed E-state index contributed by atoms with van der Waals surface area (Å²) in [6, 6.07) is 9.23. The van der Waals surface area contributed by atoms with Gasteiger partial charge >= 0.3 is 6.09 Å². The molecule has 1 aromatic carbocycles. The number of hydrogen-bond acceptors (Lipinski definition) is 5. The van der Waals surface area contributed by atoms with E-state index in [0.29, 0.717) is 38.9 Å². The van der Waals surface area contributed by atoms with Gasteiger partial charge in [0.25, 0.3) is 0 Å². The predicted molar refractivity (Wildman–Crippen MR) is 113 cm³/mol. The lowest BCUT2D eigenvalue weighted by molar-refractivity contribution is -0.117. The summed E-state index contributed by atoms with van der Waals surface area (Å²) in [5.41, 5.74) is 0.909. The van der Waals surface area contributed by atoms with Crippen molar-refractivity contribution in [3.8, 4) is 0 Å². The Labute approximate surface area is 177 Å². The van der Waals surface area contributed by atoms with E-state index in [0.717, 1.165) is 12.0 Å². The summed E-state index contributed by atoms with van der Waals surface area (Å²) in [5.74, 6) is -0.290. The van der Waals surface area contributed by atoms with Gasteiger partial charge in [-0.3, -0.25) is 4.79 Å². The van der Waals surface area contributed by atoms with Gasteiger partial charge in [-0.15, -0.1) is 0 Å². The minimum Gasteiger partial charge on any atom is -0.445 e. The Hall–Kier alpha value is -2.39. The van der Waals surface area contributed by atoms with Crippen molar-refractivity contribution in [2.75, 3.05) is 26.2 Å². The fraction of sp³-hybridized carbons (Fsp3) is 0.524. The number of ether oxygens (including phenoxy) is 1. The molecule has 0 aliphatic carbocycles. The molecule has 2 aliphatic heterocycles. The molecular formula is C21H29N3O5S. The first-order valence-corrected chi connectivity index (χ1v) is 11.8. The standard InChI is InChI=1S/C21H29N3O5S/c1-2-20(25)22-18-9-6-12-24(15-18)30(27,28)19-10-13-23(14-11-19)21(26)29-16-17-7-4-3-5-8-17/h2-5,7-8,18-19H,1,6,9-16H2,(H,22,25)/t18-/m0/s1. The first kappa shape index (κ1) is 22.3. The lowest BCUT2D eigenvalue weighted by atomic mass is 10.1. The molecule has 8 nitrogen and oxygen atoms in total. The molecule has 0 spiro atoms. The second kappa shape index (κ2) is 10.1. The van der Waals surface area contributed by atoms with Gasteiger partial charge < -0.3 is 15.0 Å². The third-order valence-electron chi connectivity index (χ3n) is 5.60. The molecule has 1 aromatic rings. The van der Waals surface area contributed by atoms with Gasteiger partial charge in [0, 0.05) is 32.2 Å². The number of sulfonamides is 1. The average Bonchev–Trinajstić information content (AvgIpc) is 2.78.